The predicted octanol–water partition coefficient (Wildman–Crippen LogP) is 2.91. The van der Waals surface area contributed by atoms with Crippen molar-refractivity contribution in [2.24, 2.45) is 23.6 Å². The summed E-state index contributed by atoms with van der Waals surface area (Å²) in [6, 6.07) is 3.57. The van der Waals surface area contributed by atoms with Gasteiger partial charge in [0.05, 0.1) is 6.04 Å². The van der Waals surface area contributed by atoms with E-state index in [4.69, 9.17) is 5.84 Å². The summed E-state index contributed by atoms with van der Waals surface area (Å²) in [5.74, 6) is 6.31. The van der Waals surface area contributed by atoms with E-state index in [1.165, 1.54) is 37.8 Å². The number of benzene rings is 1. The largest absolute Gasteiger partial charge is 0.271 e. The summed E-state index contributed by atoms with van der Waals surface area (Å²) in [6.45, 7) is 0. The van der Waals surface area contributed by atoms with Gasteiger partial charge < -0.3 is 0 Å². The molecular formula is C14H18F2N2. The Kier molecular flexibility index (Phi) is 3.08. The van der Waals surface area contributed by atoms with Crippen molar-refractivity contribution in [1.29, 1.82) is 0 Å². The van der Waals surface area contributed by atoms with Crippen molar-refractivity contribution in [2.45, 2.75) is 31.7 Å². The van der Waals surface area contributed by atoms with Gasteiger partial charge in [-0.2, -0.15) is 0 Å². The smallest absolute Gasteiger partial charge is 0.130 e. The Morgan fingerprint density at radius 1 is 1.17 bits per heavy atom. The van der Waals surface area contributed by atoms with Crippen LogP contribution in [0.2, 0.25) is 0 Å². The normalized spacial score (nSPS) is 31.8. The Bertz CT molecular complexity index is 437. The van der Waals surface area contributed by atoms with E-state index in [2.05, 4.69) is 5.43 Å². The molecule has 18 heavy (non-hydrogen) atoms. The third-order valence-electron chi connectivity index (χ3n) is 4.58. The van der Waals surface area contributed by atoms with Crippen LogP contribution in [0, 0.1) is 29.4 Å². The van der Waals surface area contributed by atoms with Gasteiger partial charge in [0.25, 0.3) is 0 Å². The molecule has 3 atom stereocenters. The molecule has 0 spiro atoms. The van der Waals surface area contributed by atoms with Gasteiger partial charge in [0.2, 0.25) is 0 Å². The highest BCUT2D eigenvalue weighted by Gasteiger charge is 2.54. The number of hydrazine groups is 1. The van der Waals surface area contributed by atoms with Crippen LogP contribution in [0.1, 0.15) is 37.3 Å². The van der Waals surface area contributed by atoms with Gasteiger partial charge in [0, 0.05) is 11.6 Å². The van der Waals surface area contributed by atoms with Crippen LogP contribution in [0.5, 0.6) is 0 Å². The van der Waals surface area contributed by atoms with E-state index in [-0.39, 0.29) is 6.04 Å². The van der Waals surface area contributed by atoms with Crippen molar-refractivity contribution in [1.82, 2.24) is 5.43 Å². The quantitative estimate of drug-likeness (QED) is 0.641. The molecule has 2 aliphatic carbocycles. The molecule has 98 valence electrons. The van der Waals surface area contributed by atoms with Gasteiger partial charge in [-0.15, -0.1) is 0 Å². The summed E-state index contributed by atoms with van der Waals surface area (Å²) in [6.07, 6.45) is 4.97. The first-order valence-corrected chi connectivity index (χ1v) is 6.63. The lowest BCUT2D eigenvalue weighted by Crippen LogP contribution is -2.31. The van der Waals surface area contributed by atoms with E-state index >= 15 is 0 Å². The highest BCUT2D eigenvalue weighted by molar-refractivity contribution is 5.25. The lowest BCUT2D eigenvalue weighted by Gasteiger charge is -2.17. The molecule has 3 rings (SSSR count). The van der Waals surface area contributed by atoms with Gasteiger partial charge in [0.15, 0.2) is 0 Å². The second-order valence-electron chi connectivity index (χ2n) is 5.50. The lowest BCUT2D eigenvalue weighted by molar-refractivity contribution is 0.433. The molecule has 2 aliphatic rings. The molecule has 0 saturated heterocycles. The van der Waals surface area contributed by atoms with Gasteiger partial charge in [-0.25, -0.2) is 8.78 Å². The number of nitrogens with two attached hydrogens (primary N) is 1. The summed E-state index contributed by atoms with van der Waals surface area (Å²) < 4.78 is 26.8. The van der Waals surface area contributed by atoms with Gasteiger partial charge in [0.1, 0.15) is 11.6 Å². The molecular weight excluding hydrogens is 234 g/mol. The van der Waals surface area contributed by atoms with Gasteiger partial charge in [-0.1, -0.05) is 18.9 Å². The van der Waals surface area contributed by atoms with Crippen LogP contribution < -0.4 is 11.3 Å². The number of nitrogens with one attached hydrogen (secondary N) is 1. The van der Waals surface area contributed by atoms with Gasteiger partial charge >= 0.3 is 0 Å². The molecule has 1 aromatic rings. The number of fused-ring (bicyclic) bond motifs is 1. The van der Waals surface area contributed by atoms with E-state index in [0.29, 0.717) is 23.3 Å². The Morgan fingerprint density at radius 3 is 2.39 bits per heavy atom. The summed E-state index contributed by atoms with van der Waals surface area (Å²) >= 11 is 0. The zero-order valence-electron chi connectivity index (χ0n) is 10.2. The number of hydrogen-bond acceptors (Lipinski definition) is 2. The Labute approximate surface area is 106 Å². The summed E-state index contributed by atoms with van der Waals surface area (Å²) in [4.78, 5) is 0. The minimum Gasteiger partial charge on any atom is -0.271 e. The Balaban J connectivity index is 1.84. The zero-order chi connectivity index (χ0) is 12.7. The second-order valence-corrected chi connectivity index (χ2v) is 5.50. The summed E-state index contributed by atoms with van der Waals surface area (Å²) in [5.41, 5.74) is 3.23. The van der Waals surface area contributed by atoms with Crippen LogP contribution in [-0.4, -0.2) is 0 Å². The number of halogens is 2. The van der Waals surface area contributed by atoms with Gasteiger partial charge in [-0.3, -0.25) is 11.3 Å². The molecule has 2 saturated carbocycles. The minimum atomic E-state index is -0.541. The molecule has 3 N–H and O–H groups in total. The molecule has 2 fully saturated rings. The van der Waals surface area contributed by atoms with Crippen molar-refractivity contribution in [3.8, 4) is 0 Å². The monoisotopic (exact) mass is 252 g/mol. The average molecular weight is 252 g/mol. The predicted molar refractivity (Wildman–Crippen MR) is 65.4 cm³/mol. The fraction of sp³-hybridized carbons (Fsp3) is 0.571. The first-order chi connectivity index (χ1) is 8.72. The lowest BCUT2D eigenvalue weighted by atomic mass is 10.00. The molecule has 0 aliphatic heterocycles. The molecule has 0 radical (unpaired) electrons. The molecule has 3 unspecified atom stereocenters. The molecule has 2 nitrogen and oxygen atoms in total. The van der Waals surface area contributed by atoms with E-state index < -0.39 is 11.6 Å². The van der Waals surface area contributed by atoms with Crippen LogP contribution in [0.15, 0.2) is 18.2 Å². The third kappa shape index (κ3) is 1.93. The van der Waals surface area contributed by atoms with Crippen LogP contribution >= 0.6 is 0 Å². The SMILES string of the molecule is NNC(c1ccc(F)cc1F)C1C2CCCCC21. The topological polar surface area (TPSA) is 38.0 Å². The third-order valence-corrected chi connectivity index (χ3v) is 4.58. The first-order valence-electron chi connectivity index (χ1n) is 6.63. The van der Waals surface area contributed by atoms with E-state index in [0.717, 1.165) is 6.07 Å². The minimum absolute atomic E-state index is 0.182. The average Bonchev–Trinajstić information content (AvgIpc) is 3.07. The van der Waals surface area contributed by atoms with Crippen molar-refractivity contribution in [2.75, 3.05) is 0 Å². The van der Waals surface area contributed by atoms with Crippen molar-refractivity contribution >= 4 is 0 Å². The van der Waals surface area contributed by atoms with Crippen molar-refractivity contribution in [3.63, 3.8) is 0 Å². The highest BCUT2D eigenvalue weighted by Crippen LogP contribution is 2.60. The summed E-state index contributed by atoms with van der Waals surface area (Å²) in [7, 11) is 0. The first kappa shape index (κ1) is 12.1. The molecule has 0 bridgehead atoms. The van der Waals surface area contributed by atoms with Gasteiger partial charge in [-0.05, 0) is 36.7 Å². The van der Waals surface area contributed by atoms with Crippen LogP contribution in [0.25, 0.3) is 0 Å². The fourth-order valence-corrected chi connectivity index (χ4v) is 3.70. The number of rotatable bonds is 3. The maximum atomic E-state index is 13.8. The molecule has 0 aromatic heterocycles. The fourth-order valence-electron chi connectivity index (χ4n) is 3.70. The van der Waals surface area contributed by atoms with E-state index in [9.17, 15) is 8.78 Å². The second kappa shape index (κ2) is 4.59. The Morgan fingerprint density at radius 2 is 1.83 bits per heavy atom. The molecule has 0 amide bonds. The number of hydrogen-bond donors (Lipinski definition) is 2. The molecule has 1 aromatic carbocycles. The zero-order valence-corrected chi connectivity index (χ0v) is 10.2. The van der Waals surface area contributed by atoms with Crippen LogP contribution in [0.4, 0.5) is 8.78 Å². The maximum absolute atomic E-state index is 13.8. The molecule has 0 heterocycles. The maximum Gasteiger partial charge on any atom is 0.130 e. The van der Waals surface area contributed by atoms with Crippen molar-refractivity contribution < 1.29 is 8.78 Å². The highest BCUT2D eigenvalue weighted by atomic mass is 19.1. The standard InChI is InChI=1S/C14H18F2N2/c15-8-5-6-11(12(16)7-8)14(18-17)13-9-3-1-2-4-10(9)13/h5-7,9-10,13-14,18H,1-4,17H2. The van der Waals surface area contributed by atoms with E-state index in [1.54, 1.807) is 0 Å². The Hall–Kier alpha value is -1.00. The summed E-state index contributed by atoms with van der Waals surface area (Å²) in [5, 5.41) is 0. The molecule has 4 heteroatoms. The van der Waals surface area contributed by atoms with E-state index in [1.807, 2.05) is 0 Å². The van der Waals surface area contributed by atoms with Crippen LogP contribution in [-0.2, 0) is 0 Å². The van der Waals surface area contributed by atoms with Crippen LogP contribution in [0.3, 0.4) is 0 Å². The van der Waals surface area contributed by atoms with Crippen molar-refractivity contribution in [3.05, 3.63) is 35.4 Å².